The van der Waals surface area contributed by atoms with Crippen molar-refractivity contribution in [3.05, 3.63) is 47.5 Å². The van der Waals surface area contributed by atoms with Crippen LogP contribution in [0.4, 0.5) is 0 Å². The van der Waals surface area contributed by atoms with E-state index in [1.165, 1.54) is 0 Å². The summed E-state index contributed by atoms with van der Waals surface area (Å²) < 4.78 is 5.27. The van der Waals surface area contributed by atoms with Crippen LogP contribution < -0.4 is 0 Å². The minimum Gasteiger partial charge on any atom is -0.507 e. The Morgan fingerprint density at radius 3 is 2.76 bits per heavy atom. The van der Waals surface area contributed by atoms with Crippen molar-refractivity contribution in [1.82, 2.24) is 5.16 Å². The maximum Gasteiger partial charge on any atom is 0.178 e. The van der Waals surface area contributed by atoms with Gasteiger partial charge in [0.15, 0.2) is 5.76 Å². The fourth-order valence-corrected chi connectivity index (χ4v) is 1.94. The molecule has 4 heteroatoms. The van der Waals surface area contributed by atoms with Crippen LogP contribution in [0.1, 0.15) is 0 Å². The monoisotopic (exact) mass is 245 g/mol. The third-order valence-electron chi connectivity index (χ3n) is 2.59. The molecule has 0 aliphatic rings. The Morgan fingerprint density at radius 2 is 1.94 bits per heavy atom. The van der Waals surface area contributed by atoms with Gasteiger partial charge >= 0.3 is 0 Å². The first kappa shape index (κ1) is 10.2. The summed E-state index contributed by atoms with van der Waals surface area (Å²) in [7, 11) is 0. The van der Waals surface area contributed by atoms with Crippen molar-refractivity contribution in [3.8, 4) is 17.1 Å². The number of nitrogens with zero attached hydrogens (tertiary/aromatic N) is 1. The van der Waals surface area contributed by atoms with Crippen LogP contribution >= 0.6 is 11.6 Å². The van der Waals surface area contributed by atoms with Gasteiger partial charge in [-0.15, -0.1) is 0 Å². The first-order valence-corrected chi connectivity index (χ1v) is 5.47. The summed E-state index contributed by atoms with van der Waals surface area (Å²) in [6.07, 6.45) is 0. The average molecular weight is 246 g/mol. The van der Waals surface area contributed by atoms with Crippen molar-refractivity contribution in [2.75, 3.05) is 0 Å². The van der Waals surface area contributed by atoms with Crippen LogP contribution in [0.5, 0.6) is 5.75 Å². The van der Waals surface area contributed by atoms with Gasteiger partial charge in [0.2, 0.25) is 0 Å². The lowest BCUT2D eigenvalue weighted by Crippen LogP contribution is -1.76. The Morgan fingerprint density at radius 1 is 1.12 bits per heavy atom. The van der Waals surface area contributed by atoms with Gasteiger partial charge < -0.3 is 9.63 Å². The predicted molar refractivity (Wildman–Crippen MR) is 66.1 cm³/mol. The molecule has 0 aliphatic carbocycles. The molecule has 0 atom stereocenters. The van der Waals surface area contributed by atoms with E-state index in [0.717, 1.165) is 5.39 Å². The van der Waals surface area contributed by atoms with Crippen molar-refractivity contribution < 1.29 is 9.63 Å². The first-order valence-electron chi connectivity index (χ1n) is 5.09. The van der Waals surface area contributed by atoms with Crippen LogP contribution in [-0.2, 0) is 0 Å². The van der Waals surface area contributed by atoms with E-state index < -0.39 is 0 Å². The highest BCUT2D eigenvalue weighted by Gasteiger charge is 2.13. The van der Waals surface area contributed by atoms with Gasteiger partial charge in [-0.3, -0.25) is 0 Å². The quantitative estimate of drug-likeness (QED) is 0.708. The van der Waals surface area contributed by atoms with Gasteiger partial charge in [-0.1, -0.05) is 28.9 Å². The molecule has 3 nitrogen and oxygen atoms in total. The van der Waals surface area contributed by atoms with Crippen molar-refractivity contribution in [2.45, 2.75) is 0 Å². The maximum absolute atomic E-state index is 9.78. The summed E-state index contributed by atoms with van der Waals surface area (Å²) >= 11 is 5.87. The standard InChI is InChI=1S/C13H8ClNO2/c14-8-5-6-9-11(7-8)15-17-13(9)10-3-1-2-4-12(10)16/h1-7,16H. The highest BCUT2D eigenvalue weighted by Crippen LogP contribution is 2.34. The lowest BCUT2D eigenvalue weighted by atomic mass is 10.1. The van der Waals surface area contributed by atoms with Crippen molar-refractivity contribution >= 4 is 22.5 Å². The van der Waals surface area contributed by atoms with Crippen molar-refractivity contribution in [3.63, 3.8) is 0 Å². The lowest BCUT2D eigenvalue weighted by Gasteiger charge is -1.99. The highest BCUT2D eigenvalue weighted by atomic mass is 35.5. The Kier molecular flexibility index (Phi) is 2.27. The molecule has 0 saturated carbocycles. The number of para-hydroxylation sites is 1. The van der Waals surface area contributed by atoms with E-state index in [1.807, 2.05) is 12.1 Å². The number of aromatic nitrogens is 1. The molecule has 0 bridgehead atoms. The molecular formula is C13H8ClNO2. The molecule has 2 aromatic carbocycles. The molecule has 0 fully saturated rings. The fraction of sp³-hybridized carbons (Fsp3) is 0. The Hall–Kier alpha value is -2.00. The Labute approximate surface area is 102 Å². The van der Waals surface area contributed by atoms with Crippen LogP contribution in [0.25, 0.3) is 22.2 Å². The van der Waals surface area contributed by atoms with Gasteiger partial charge in [-0.05, 0) is 30.3 Å². The summed E-state index contributed by atoms with van der Waals surface area (Å²) in [6.45, 7) is 0. The predicted octanol–water partition coefficient (Wildman–Crippen LogP) is 3.85. The maximum atomic E-state index is 9.78. The molecule has 3 aromatic rings. The number of rotatable bonds is 1. The van der Waals surface area contributed by atoms with Gasteiger partial charge in [0.25, 0.3) is 0 Å². The van der Waals surface area contributed by atoms with E-state index >= 15 is 0 Å². The normalized spacial score (nSPS) is 10.9. The Bertz CT molecular complexity index is 691. The van der Waals surface area contributed by atoms with E-state index in [-0.39, 0.29) is 5.75 Å². The summed E-state index contributed by atoms with van der Waals surface area (Å²) in [5, 5.41) is 15.1. The average Bonchev–Trinajstić information content (AvgIpc) is 2.72. The number of aromatic hydroxyl groups is 1. The van der Waals surface area contributed by atoms with E-state index in [1.54, 1.807) is 30.3 Å². The number of fused-ring (bicyclic) bond motifs is 1. The van der Waals surface area contributed by atoms with E-state index in [4.69, 9.17) is 16.1 Å². The minimum absolute atomic E-state index is 0.167. The van der Waals surface area contributed by atoms with Crippen LogP contribution in [0, 0.1) is 0 Å². The molecule has 1 aromatic heterocycles. The molecule has 84 valence electrons. The Balaban J connectivity index is 2.29. The third kappa shape index (κ3) is 1.65. The largest absolute Gasteiger partial charge is 0.507 e. The van der Waals surface area contributed by atoms with E-state index in [2.05, 4.69) is 5.16 Å². The van der Waals surface area contributed by atoms with E-state index in [9.17, 15) is 5.11 Å². The molecule has 0 radical (unpaired) electrons. The van der Waals surface area contributed by atoms with Gasteiger partial charge in [-0.25, -0.2) is 0 Å². The van der Waals surface area contributed by atoms with Gasteiger partial charge in [0, 0.05) is 10.4 Å². The molecule has 0 aliphatic heterocycles. The number of phenols is 1. The summed E-state index contributed by atoms with van der Waals surface area (Å²) in [4.78, 5) is 0. The zero-order chi connectivity index (χ0) is 11.8. The van der Waals surface area contributed by atoms with Crippen LogP contribution in [0.15, 0.2) is 47.0 Å². The molecule has 0 saturated heterocycles. The summed E-state index contributed by atoms with van der Waals surface area (Å²) in [5.41, 5.74) is 1.30. The second-order valence-corrected chi connectivity index (χ2v) is 4.13. The number of benzene rings is 2. The zero-order valence-electron chi connectivity index (χ0n) is 8.72. The number of hydrogen-bond donors (Lipinski definition) is 1. The number of phenolic OH excluding ortho intramolecular Hbond substituents is 1. The second-order valence-electron chi connectivity index (χ2n) is 3.69. The number of halogens is 1. The van der Waals surface area contributed by atoms with Gasteiger partial charge in [-0.2, -0.15) is 0 Å². The molecule has 0 unspecified atom stereocenters. The molecule has 1 N–H and O–H groups in total. The summed E-state index contributed by atoms with van der Waals surface area (Å²) in [5.74, 6) is 0.718. The van der Waals surface area contributed by atoms with Crippen molar-refractivity contribution in [1.29, 1.82) is 0 Å². The molecule has 0 amide bonds. The fourth-order valence-electron chi connectivity index (χ4n) is 1.78. The molecule has 3 rings (SSSR count). The molecule has 0 spiro atoms. The first-order chi connectivity index (χ1) is 8.25. The number of hydrogen-bond acceptors (Lipinski definition) is 3. The second kappa shape index (κ2) is 3.79. The minimum atomic E-state index is 0.167. The van der Waals surface area contributed by atoms with Gasteiger partial charge in [0.1, 0.15) is 11.3 Å². The summed E-state index contributed by atoms with van der Waals surface area (Å²) in [6, 6.07) is 12.3. The zero-order valence-corrected chi connectivity index (χ0v) is 9.48. The third-order valence-corrected chi connectivity index (χ3v) is 2.82. The molecule has 1 heterocycles. The van der Waals surface area contributed by atoms with Crippen LogP contribution in [0.2, 0.25) is 5.02 Å². The topological polar surface area (TPSA) is 46.3 Å². The van der Waals surface area contributed by atoms with Crippen molar-refractivity contribution in [2.24, 2.45) is 0 Å². The highest BCUT2D eigenvalue weighted by molar-refractivity contribution is 6.31. The molecular weight excluding hydrogens is 238 g/mol. The van der Waals surface area contributed by atoms with Gasteiger partial charge in [0.05, 0.1) is 5.56 Å². The van der Waals surface area contributed by atoms with Crippen LogP contribution in [0.3, 0.4) is 0 Å². The smallest absolute Gasteiger partial charge is 0.178 e. The van der Waals surface area contributed by atoms with Crippen LogP contribution in [-0.4, -0.2) is 10.3 Å². The molecule has 17 heavy (non-hydrogen) atoms. The van der Waals surface area contributed by atoms with E-state index in [0.29, 0.717) is 21.9 Å². The SMILES string of the molecule is Oc1ccccc1-c1onc2cc(Cl)ccc12. The lowest BCUT2D eigenvalue weighted by molar-refractivity contribution is 0.433.